The molecule has 2 atom stereocenters. The summed E-state index contributed by atoms with van der Waals surface area (Å²) in [4.78, 5) is 23.8. The summed E-state index contributed by atoms with van der Waals surface area (Å²) in [7, 11) is 2.35. The Kier molecular flexibility index (Phi) is 9.28. The zero-order valence-corrected chi connectivity index (χ0v) is 18.7. The van der Waals surface area contributed by atoms with Crippen LogP contribution in [0, 0.1) is 0 Å². The lowest BCUT2D eigenvalue weighted by Crippen LogP contribution is -2.51. The highest BCUT2D eigenvalue weighted by atomic mass is 19.4. The third kappa shape index (κ3) is 6.47. The van der Waals surface area contributed by atoms with Crippen LogP contribution in [-0.2, 0) is 29.4 Å². The minimum Gasteiger partial charge on any atom is -0.497 e. The molecule has 0 spiro atoms. The normalized spacial score (nSPS) is 14.1. The number of benzene rings is 2. The Balaban J connectivity index is 2.16. The van der Waals surface area contributed by atoms with Crippen molar-refractivity contribution in [3.8, 4) is 5.75 Å². The van der Waals surface area contributed by atoms with E-state index in [4.69, 9.17) is 18.9 Å². The van der Waals surface area contributed by atoms with Crippen molar-refractivity contribution in [3.05, 3.63) is 65.7 Å². The van der Waals surface area contributed by atoms with Crippen molar-refractivity contribution in [1.82, 2.24) is 0 Å². The van der Waals surface area contributed by atoms with E-state index in [1.54, 1.807) is 24.3 Å². The lowest BCUT2D eigenvalue weighted by Gasteiger charge is -2.32. The Morgan fingerprint density at radius 3 is 1.94 bits per heavy atom. The van der Waals surface area contributed by atoms with E-state index < -0.39 is 23.7 Å². The third-order valence-electron chi connectivity index (χ3n) is 5.23. The van der Waals surface area contributed by atoms with Gasteiger partial charge in [0.1, 0.15) is 5.75 Å². The predicted molar refractivity (Wildman–Crippen MR) is 114 cm³/mol. The third-order valence-corrected chi connectivity index (χ3v) is 5.23. The average Bonchev–Trinajstić information content (AvgIpc) is 2.78. The number of hydrogen-bond acceptors (Lipinski definition) is 6. The highest BCUT2D eigenvalue weighted by Crippen LogP contribution is 2.43. The second-order valence-corrected chi connectivity index (χ2v) is 7.27. The van der Waals surface area contributed by atoms with Crippen LogP contribution in [0.3, 0.4) is 0 Å². The minimum absolute atomic E-state index is 0.120. The van der Waals surface area contributed by atoms with Crippen LogP contribution in [0.2, 0.25) is 0 Å². The van der Waals surface area contributed by atoms with Gasteiger partial charge in [0.15, 0.2) is 0 Å². The number of alkyl halides is 3. The van der Waals surface area contributed by atoms with Crippen LogP contribution in [0.15, 0.2) is 54.6 Å². The predicted octanol–water partition coefficient (Wildman–Crippen LogP) is 4.77. The van der Waals surface area contributed by atoms with Gasteiger partial charge in [-0.2, -0.15) is 13.2 Å². The zero-order valence-electron chi connectivity index (χ0n) is 18.7. The highest BCUT2D eigenvalue weighted by Gasteiger charge is 2.64. The fraction of sp³-hybridized carbons (Fsp3) is 0.417. The smallest absolute Gasteiger partial charge is 0.432 e. The van der Waals surface area contributed by atoms with E-state index in [9.17, 15) is 22.8 Å². The summed E-state index contributed by atoms with van der Waals surface area (Å²) in [6.07, 6.45) is -4.42. The van der Waals surface area contributed by atoms with Gasteiger partial charge in [0.25, 0.3) is 5.60 Å². The number of carbonyl (C=O) groups is 2. The van der Waals surface area contributed by atoms with Gasteiger partial charge in [-0.1, -0.05) is 42.5 Å². The van der Waals surface area contributed by atoms with Crippen LogP contribution in [0.4, 0.5) is 13.2 Å². The van der Waals surface area contributed by atoms with Crippen molar-refractivity contribution in [2.45, 2.75) is 37.5 Å². The maximum atomic E-state index is 14.0. The quantitative estimate of drug-likeness (QED) is 0.443. The molecule has 0 radical (unpaired) electrons. The van der Waals surface area contributed by atoms with Crippen LogP contribution in [0.1, 0.15) is 36.8 Å². The molecule has 180 valence electrons. The van der Waals surface area contributed by atoms with Crippen LogP contribution < -0.4 is 4.74 Å². The van der Waals surface area contributed by atoms with E-state index in [1.165, 1.54) is 32.2 Å². The van der Waals surface area contributed by atoms with Crippen molar-refractivity contribution in [2.75, 3.05) is 27.4 Å². The lowest BCUT2D eigenvalue weighted by atomic mass is 9.92. The molecule has 0 fully saturated rings. The van der Waals surface area contributed by atoms with Crippen LogP contribution >= 0.6 is 0 Å². The largest absolute Gasteiger partial charge is 0.497 e. The molecule has 2 rings (SSSR count). The van der Waals surface area contributed by atoms with E-state index in [0.717, 1.165) is 24.8 Å². The van der Waals surface area contributed by atoms with Gasteiger partial charge in [0, 0.05) is 19.6 Å². The number of esters is 2. The first-order valence-electron chi connectivity index (χ1n) is 10.3. The Morgan fingerprint density at radius 1 is 0.879 bits per heavy atom. The first kappa shape index (κ1) is 26.2. The monoisotopic (exact) mass is 468 g/mol. The van der Waals surface area contributed by atoms with E-state index >= 15 is 0 Å². The van der Waals surface area contributed by atoms with E-state index in [0.29, 0.717) is 12.2 Å². The second kappa shape index (κ2) is 11.7. The van der Waals surface area contributed by atoms with Gasteiger partial charge in [-0.15, -0.1) is 0 Å². The minimum atomic E-state index is -5.04. The number of methoxy groups -OCH3 is 2. The van der Waals surface area contributed by atoms with Crippen LogP contribution in [0.25, 0.3) is 0 Å². The topological polar surface area (TPSA) is 71.1 Å². The van der Waals surface area contributed by atoms with Gasteiger partial charge in [0.2, 0.25) is 0 Å². The summed E-state index contributed by atoms with van der Waals surface area (Å²) < 4.78 is 61.9. The van der Waals surface area contributed by atoms with Crippen molar-refractivity contribution in [1.29, 1.82) is 0 Å². The van der Waals surface area contributed by atoms with Gasteiger partial charge in [0.05, 0.1) is 20.3 Å². The molecule has 0 aliphatic heterocycles. The lowest BCUT2D eigenvalue weighted by molar-refractivity contribution is -0.276. The Hall–Kier alpha value is -3.07. The number of halogens is 3. The van der Waals surface area contributed by atoms with Gasteiger partial charge >= 0.3 is 18.1 Å². The summed E-state index contributed by atoms with van der Waals surface area (Å²) in [6, 6.07) is 13.7. The summed E-state index contributed by atoms with van der Waals surface area (Å²) >= 11 is 0. The van der Waals surface area contributed by atoms with Crippen molar-refractivity contribution in [2.24, 2.45) is 0 Å². The molecule has 0 amide bonds. The Morgan fingerprint density at radius 2 is 1.45 bits per heavy atom. The first-order valence-corrected chi connectivity index (χ1v) is 10.3. The van der Waals surface area contributed by atoms with Crippen molar-refractivity contribution < 1.29 is 41.7 Å². The van der Waals surface area contributed by atoms with Crippen LogP contribution in [0.5, 0.6) is 5.75 Å². The van der Waals surface area contributed by atoms with Gasteiger partial charge in [-0.3, -0.25) is 4.79 Å². The summed E-state index contributed by atoms with van der Waals surface area (Å²) in [5, 5.41) is 0. The molecule has 0 aliphatic rings. The van der Waals surface area contributed by atoms with E-state index in [-0.39, 0.29) is 31.1 Å². The summed E-state index contributed by atoms with van der Waals surface area (Å²) in [5.41, 5.74) is -2.76. The molecule has 2 aromatic carbocycles. The molecule has 2 aromatic rings. The molecule has 0 saturated carbocycles. The van der Waals surface area contributed by atoms with Crippen molar-refractivity contribution in [3.63, 3.8) is 0 Å². The second-order valence-electron chi connectivity index (χ2n) is 7.27. The maximum Gasteiger partial charge on any atom is 0.432 e. The fourth-order valence-electron chi connectivity index (χ4n) is 3.48. The SMILES string of the molecule is COc1ccc([C@@H](CCOC(C)=O)CCOC(=O)[C@@](OC)(c2ccccc2)C(F)(F)F)cc1. The molecular formula is C24H27F3O6. The van der Waals surface area contributed by atoms with Crippen LogP contribution in [-0.4, -0.2) is 45.5 Å². The molecule has 0 bridgehead atoms. The molecule has 0 aliphatic carbocycles. The average molecular weight is 468 g/mol. The first-order chi connectivity index (χ1) is 15.7. The summed E-state index contributed by atoms with van der Waals surface area (Å²) in [6.45, 7) is 1.12. The number of rotatable bonds is 11. The molecular weight excluding hydrogens is 441 g/mol. The van der Waals surface area contributed by atoms with Gasteiger partial charge < -0.3 is 18.9 Å². The Bertz CT molecular complexity index is 899. The molecule has 0 aromatic heterocycles. The molecule has 0 N–H and O–H groups in total. The fourth-order valence-corrected chi connectivity index (χ4v) is 3.48. The molecule has 0 heterocycles. The molecule has 9 heteroatoms. The molecule has 33 heavy (non-hydrogen) atoms. The highest BCUT2D eigenvalue weighted by molar-refractivity contribution is 5.82. The standard InChI is InChI=1S/C24H27F3O6/c1-17(28)32-15-13-19(18-9-11-21(30-2)12-10-18)14-16-33-22(29)23(31-3,24(25,26)27)20-7-5-4-6-8-20/h4-12,19H,13-16H2,1-3H3/t19-,23-/m0/s1. The number of carbonyl (C=O) groups excluding carboxylic acids is 2. The van der Waals surface area contributed by atoms with E-state index in [2.05, 4.69) is 0 Å². The number of hydrogen-bond donors (Lipinski definition) is 0. The molecule has 0 unspecified atom stereocenters. The molecule has 6 nitrogen and oxygen atoms in total. The maximum absolute atomic E-state index is 14.0. The number of ether oxygens (including phenoxy) is 4. The van der Waals surface area contributed by atoms with Gasteiger partial charge in [-0.25, -0.2) is 4.79 Å². The molecule has 0 saturated heterocycles. The zero-order chi connectivity index (χ0) is 24.5. The Labute approximate surface area is 190 Å². The van der Waals surface area contributed by atoms with Gasteiger partial charge in [-0.05, 0) is 36.5 Å². The summed E-state index contributed by atoms with van der Waals surface area (Å²) in [5.74, 6) is -1.57. The van der Waals surface area contributed by atoms with E-state index in [1.807, 2.05) is 0 Å². The van der Waals surface area contributed by atoms with Crippen molar-refractivity contribution >= 4 is 11.9 Å².